The van der Waals surface area contributed by atoms with E-state index in [-0.39, 0.29) is 6.04 Å². The Bertz CT molecular complexity index is 349. The van der Waals surface area contributed by atoms with Crippen LogP contribution in [0.2, 0.25) is 0 Å². The number of nitrogens with one attached hydrogen (secondary N) is 1. The number of rotatable bonds is 3. The Hall–Kier alpha value is -1.29. The number of amides is 1. The number of carbonyl (C=O) groups is 1. The predicted octanol–water partition coefficient (Wildman–Crippen LogP) is 1.54. The van der Waals surface area contributed by atoms with Crippen LogP contribution in [0.25, 0.3) is 0 Å². The summed E-state index contributed by atoms with van der Waals surface area (Å²) in [6.45, 7) is 6.54. The summed E-state index contributed by atoms with van der Waals surface area (Å²) in [6.07, 6.45) is 0. The van der Waals surface area contributed by atoms with Gasteiger partial charge in [0.25, 0.3) is 5.91 Å². The molecule has 1 unspecified atom stereocenters. The van der Waals surface area contributed by atoms with Gasteiger partial charge >= 0.3 is 0 Å². The van der Waals surface area contributed by atoms with Crippen molar-refractivity contribution in [1.82, 2.24) is 5.32 Å². The number of hydrogen-bond acceptors (Lipinski definition) is 3. The Morgan fingerprint density at radius 1 is 1.53 bits per heavy atom. The van der Waals surface area contributed by atoms with Crippen molar-refractivity contribution < 1.29 is 14.3 Å². The minimum atomic E-state index is -1.37. The van der Waals surface area contributed by atoms with E-state index in [4.69, 9.17) is 4.42 Å². The molecular formula is C11H17NO3. The summed E-state index contributed by atoms with van der Waals surface area (Å²) in [5, 5.41) is 12.1. The monoisotopic (exact) mass is 211 g/mol. The fourth-order valence-corrected chi connectivity index (χ4v) is 1.13. The van der Waals surface area contributed by atoms with E-state index in [1.165, 1.54) is 13.8 Å². The van der Waals surface area contributed by atoms with Crippen LogP contribution in [0.3, 0.4) is 0 Å². The van der Waals surface area contributed by atoms with Crippen LogP contribution in [-0.4, -0.2) is 16.6 Å². The highest BCUT2D eigenvalue weighted by Crippen LogP contribution is 2.16. The molecule has 0 aliphatic carbocycles. The molecule has 0 aliphatic rings. The number of aliphatic hydroxyl groups is 1. The Kier molecular flexibility index (Phi) is 3.19. The number of aryl methyl sites for hydroxylation is 1. The molecule has 84 valence electrons. The Balaban J connectivity index is 2.64. The molecular weight excluding hydrogens is 194 g/mol. The van der Waals surface area contributed by atoms with Crippen molar-refractivity contribution in [2.75, 3.05) is 0 Å². The lowest BCUT2D eigenvalue weighted by Crippen LogP contribution is -2.42. The minimum Gasteiger partial charge on any atom is -0.464 e. The highest BCUT2D eigenvalue weighted by molar-refractivity contribution is 5.84. The Labute approximate surface area is 89.3 Å². The highest BCUT2D eigenvalue weighted by Gasteiger charge is 2.25. The second-order valence-electron chi connectivity index (χ2n) is 4.20. The molecule has 4 nitrogen and oxygen atoms in total. The zero-order chi connectivity index (χ0) is 11.6. The second kappa shape index (κ2) is 4.06. The predicted molar refractivity (Wildman–Crippen MR) is 56.3 cm³/mol. The quantitative estimate of drug-likeness (QED) is 0.797. The number of furan rings is 1. The summed E-state index contributed by atoms with van der Waals surface area (Å²) in [7, 11) is 0. The molecule has 4 heteroatoms. The van der Waals surface area contributed by atoms with E-state index in [1.54, 1.807) is 0 Å². The van der Waals surface area contributed by atoms with Gasteiger partial charge in [-0.3, -0.25) is 4.79 Å². The summed E-state index contributed by atoms with van der Waals surface area (Å²) in [5.74, 6) is 1.07. The molecule has 1 aromatic rings. The Morgan fingerprint density at radius 3 is 2.53 bits per heavy atom. The molecule has 0 radical (unpaired) electrons. The van der Waals surface area contributed by atoms with E-state index in [0.29, 0.717) is 5.76 Å². The molecule has 1 amide bonds. The van der Waals surface area contributed by atoms with Crippen molar-refractivity contribution in [1.29, 1.82) is 0 Å². The zero-order valence-corrected chi connectivity index (χ0v) is 9.50. The molecule has 0 saturated heterocycles. The van der Waals surface area contributed by atoms with E-state index < -0.39 is 11.5 Å². The summed E-state index contributed by atoms with van der Waals surface area (Å²) in [4.78, 5) is 11.5. The topological polar surface area (TPSA) is 62.5 Å². The fraction of sp³-hybridized carbons (Fsp3) is 0.545. The van der Waals surface area contributed by atoms with Gasteiger partial charge in [0, 0.05) is 0 Å². The first-order chi connectivity index (χ1) is 6.80. The molecule has 1 heterocycles. The largest absolute Gasteiger partial charge is 0.464 e. The maximum atomic E-state index is 11.5. The van der Waals surface area contributed by atoms with Gasteiger partial charge in [-0.25, -0.2) is 0 Å². The van der Waals surface area contributed by atoms with Gasteiger partial charge in [-0.15, -0.1) is 0 Å². The normalized spacial score (nSPS) is 13.7. The molecule has 1 atom stereocenters. The van der Waals surface area contributed by atoms with Crippen LogP contribution in [0.1, 0.15) is 38.3 Å². The van der Waals surface area contributed by atoms with Crippen LogP contribution in [0.4, 0.5) is 0 Å². The molecule has 0 aliphatic heterocycles. The van der Waals surface area contributed by atoms with Gasteiger partial charge in [0.2, 0.25) is 0 Å². The molecule has 0 saturated carbocycles. The van der Waals surface area contributed by atoms with E-state index in [9.17, 15) is 9.90 Å². The van der Waals surface area contributed by atoms with Gasteiger partial charge in [0.1, 0.15) is 17.1 Å². The summed E-state index contributed by atoms with van der Waals surface area (Å²) >= 11 is 0. The maximum absolute atomic E-state index is 11.5. The molecule has 0 bridgehead atoms. The molecule has 1 rings (SSSR count). The van der Waals surface area contributed by atoms with Gasteiger partial charge in [-0.1, -0.05) is 0 Å². The molecule has 0 spiro atoms. The van der Waals surface area contributed by atoms with E-state index in [1.807, 2.05) is 26.0 Å². The van der Waals surface area contributed by atoms with E-state index >= 15 is 0 Å². The summed E-state index contributed by atoms with van der Waals surface area (Å²) in [6, 6.07) is 3.41. The molecule has 1 aromatic heterocycles. The number of carbonyl (C=O) groups excluding carboxylic acids is 1. The Morgan fingerprint density at radius 2 is 2.13 bits per heavy atom. The van der Waals surface area contributed by atoms with Crippen molar-refractivity contribution in [2.45, 2.75) is 39.3 Å². The first kappa shape index (κ1) is 11.8. The van der Waals surface area contributed by atoms with Crippen LogP contribution in [0.15, 0.2) is 16.5 Å². The molecule has 0 aromatic carbocycles. The minimum absolute atomic E-state index is 0.238. The lowest BCUT2D eigenvalue weighted by molar-refractivity contribution is -0.137. The average molecular weight is 211 g/mol. The summed E-state index contributed by atoms with van der Waals surface area (Å²) in [5.41, 5.74) is -1.37. The third-order valence-corrected chi connectivity index (χ3v) is 2.09. The van der Waals surface area contributed by atoms with E-state index in [0.717, 1.165) is 5.76 Å². The first-order valence-electron chi connectivity index (χ1n) is 4.90. The van der Waals surface area contributed by atoms with Crippen LogP contribution < -0.4 is 5.32 Å². The molecule has 2 N–H and O–H groups in total. The third kappa shape index (κ3) is 3.09. The molecule has 0 fully saturated rings. The lowest BCUT2D eigenvalue weighted by Gasteiger charge is -2.19. The fourth-order valence-electron chi connectivity index (χ4n) is 1.13. The number of hydrogen-bond donors (Lipinski definition) is 2. The smallest absolute Gasteiger partial charge is 0.251 e. The maximum Gasteiger partial charge on any atom is 0.251 e. The standard InChI is InChI=1S/C11H17NO3/c1-7-5-6-9(15-7)8(2)12-10(13)11(3,4)14/h5-6,8,14H,1-4H3,(H,12,13). The first-order valence-corrected chi connectivity index (χ1v) is 4.90. The molecule has 15 heavy (non-hydrogen) atoms. The van der Waals surface area contributed by atoms with Crippen molar-refractivity contribution in [3.63, 3.8) is 0 Å². The van der Waals surface area contributed by atoms with Crippen LogP contribution in [-0.2, 0) is 4.79 Å². The van der Waals surface area contributed by atoms with Gasteiger partial charge in [0.15, 0.2) is 0 Å². The zero-order valence-electron chi connectivity index (χ0n) is 9.50. The van der Waals surface area contributed by atoms with Crippen LogP contribution >= 0.6 is 0 Å². The highest BCUT2D eigenvalue weighted by atomic mass is 16.3. The summed E-state index contributed by atoms with van der Waals surface area (Å²) < 4.78 is 5.36. The van der Waals surface area contributed by atoms with Crippen molar-refractivity contribution in [3.8, 4) is 0 Å². The van der Waals surface area contributed by atoms with Gasteiger partial charge < -0.3 is 14.8 Å². The van der Waals surface area contributed by atoms with Gasteiger partial charge in [0.05, 0.1) is 6.04 Å². The second-order valence-corrected chi connectivity index (χ2v) is 4.20. The average Bonchev–Trinajstić information content (AvgIpc) is 2.50. The van der Waals surface area contributed by atoms with Crippen molar-refractivity contribution >= 4 is 5.91 Å². The lowest BCUT2D eigenvalue weighted by atomic mass is 10.1. The third-order valence-electron chi connectivity index (χ3n) is 2.09. The van der Waals surface area contributed by atoms with Crippen LogP contribution in [0.5, 0.6) is 0 Å². The van der Waals surface area contributed by atoms with Gasteiger partial charge in [-0.05, 0) is 39.8 Å². The van der Waals surface area contributed by atoms with Crippen LogP contribution in [0, 0.1) is 6.92 Å². The van der Waals surface area contributed by atoms with Crippen molar-refractivity contribution in [3.05, 3.63) is 23.7 Å². The van der Waals surface area contributed by atoms with Gasteiger partial charge in [-0.2, -0.15) is 0 Å². The van der Waals surface area contributed by atoms with E-state index in [2.05, 4.69) is 5.32 Å². The SMILES string of the molecule is Cc1ccc(C(C)NC(=O)C(C)(C)O)o1. The van der Waals surface area contributed by atoms with Crippen molar-refractivity contribution in [2.24, 2.45) is 0 Å².